The van der Waals surface area contributed by atoms with E-state index in [0.29, 0.717) is 0 Å². The Morgan fingerprint density at radius 2 is 1.88 bits per heavy atom. The first-order valence-electron chi connectivity index (χ1n) is 4.75. The summed E-state index contributed by atoms with van der Waals surface area (Å²) in [5, 5.41) is 11.0. The zero-order valence-electron chi connectivity index (χ0n) is 8.73. The lowest BCUT2D eigenvalue weighted by Gasteiger charge is -2.19. The van der Waals surface area contributed by atoms with Crippen molar-refractivity contribution in [2.45, 2.75) is 25.8 Å². The lowest BCUT2D eigenvalue weighted by atomic mass is 10.2. The Morgan fingerprint density at radius 3 is 2.25 bits per heavy atom. The fourth-order valence-electron chi connectivity index (χ4n) is 1.44. The summed E-state index contributed by atoms with van der Waals surface area (Å²) in [5.74, 6) is -2.60. The zero-order chi connectivity index (χ0) is 12.3. The highest BCUT2D eigenvalue weighted by Gasteiger charge is 2.33. The van der Waals surface area contributed by atoms with Gasteiger partial charge in [0.15, 0.2) is 0 Å². The number of hydrogen-bond donors (Lipinski definition) is 2. The molecule has 0 aromatic heterocycles. The summed E-state index contributed by atoms with van der Waals surface area (Å²) in [4.78, 5) is 44.8. The molecule has 0 aromatic carbocycles. The number of carboxylic acid groups (broad SMARTS) is 1. The van der Waals surface area contributed by atoms with Crippen LogP contribution in [0.4, 0.5) is 0 Å². The van der Waals surface area contributed by atoms with Crippen LogP contribution in [0.1, 0.15) is 19.8 Å². The van der Waals surface area contributed by atoms with Crippen molar-refractivity contribution in [1.29, 1.82) is 0 Å². The highest BCUT2D eigenvalue weighted by Crippen LogP contribution is 2.11. The van der Waals surface area contributed by atoms with Crippen molar-refractivity contribution in [2.24, 2.45) is 0 Å². The van der Waals surface area contributed by atoms with Crippen LogP contribution in [-0.2, 0) is 19.2 Å². The molecular formula is C9H12N2O5. The van der Waals surface area contributed by atoms with Gasteiger partial charge in [0.2, 0.25) is 17.7 Å². The summed E-state index contributed by atoms with van der Waals surface area (Å²) in [6, 6.07) is -1.25. The Balaban J connectivity index is 2.67. The summed E-state index contributed by atoms with van der Waals surface area (Å²) in [6.45, 7) is 0.857. The topological polar surface area (TPSA) is 104 Å². The van der Waals surface area contributed by atoms with Gasteiger partial charge in [-0.1, -0.05) is 0 Å². The van der Waals surface area contributed by atoms with E-state index in [1.807, 2.05) is 0 Å². The molecule has 0 bridgehead atoms. The van der Waals surface area contributed by atoms with Crippen molar-refractivity contribution in [2.75, 3.05) is 6.54 Å². The van der Waals surface area contributed by atoms with E-state index in [0.717, 1.165) is 4.90 Å². The van der Waals surface area contributed by atoms with Crippen LogP contribution in [0.3, 0.4) is 0 Å². The molecule has 0 aromatic rings. The van der Waals surface area contributed by atoms with E-state index >= 15 is 0 Å². The van der Waals surface area contributed by atoms with Crippen molar-refractivity contribution >= 4 is 23.7 Å². The number of imide groups is 1. The Hall–Kier alpha value is -1.92. The minimum Gasteiger partial charge on any atom is -0.480 e. The maximum Gasteiger partial charge on any atom is 0.328 e. The molecule has 0 aliphatic carbocycles. The second-order valence-electron chi connectivity index (χ2n) is 3.49. The normalized spacial score (nSPS) is 17.4. The third-order valence-electron chi connectivity index (χ3n) is 2.20. The third kappa shape index (κ3) is 2.78. The number of likely N-dealkylation sites (tertiary alicyclic amines) is 1. The fraction of sp³-hybridized carbons (Fsp3) is 0.556. The predicted molar refractivity (Wildman–Crippen MR) is 51.2 cm³/mol. The number of hydrogen-bond acceptors (Lipinski definition) is 4. The first kappa shape index (κ1) is 12.2. The van der Waals surface area contributed by atoms with Gasteiger partial charge in [0.05, 0.1) is 6.54 Å². The molecule has 1 unspecified atom stereocenters. The van der Waals surface area contributed by atoms with Gasteiger partial charge in [0, 0.05) is 19.8 Å². The van der Waals surface area contributed by atoms with E-state index in [1.165, 1.54) is 6.92 Å². The minimum absolute atomic E-state index is 0.102. The molecule has 88 valence electrons. The number of carbonyl (C=O) groups is 4. The molecular weight excluding hydrogens is 216 g/mol. The van der Waals surface area contributed by atoms with Crippen molar-refractivity contribution in [3.63, 3.8) is 0 Å². The highest BCUT2D eigenvalue weighted by molar-refractivity contribution is 6.02. The van der Waals surface area contributed by atoms with Crippen molar-refractivity contribution < 1.29 is 24.3 Å². The Bertz CT molecular complexity index is 336. The Labute approximate surface area is 91.4 Å². The van der Waals surface area contributed by atoms with Gasteiger partial charge < -0.3 is 10.4 Å². The average Bonchev–Trinajstić information content (AvgIpc) is 2.47. The summed E-state index contributed by atoms with van der Waals surface area (Å²) in [7, 11) is 0. The lowest BCUT2D eigenvalue weighted by Crippen LogP contribution is -2.49. The summed E-state index contributed by atoms with van der Waals surface area (Å²) >= 11 is 0. The molecule has 1 heterocycles. The van der Waals surface area contributed by atoms with E-state index < -0.39 is 29.7 Å². The van der Waals surface area contributed by atoms with Gasteiger partial charge >= 0.3 is 5.97 Å². The third-order valence-corrected chi connectivity index (χ3v) is 2.20. The largest absolute Gasteiger partial charge is 0.480 e. The first-order chi connectivity index (χ1) is 7.41. The Kier molecular flexibility index (Phi) is 3.60. The van der Waals surface area contributed by atoms with Gasteiger partial charge in [0.1, 0.15) is 6.04 Å². The van der Waals surface area contributed by atoms with Crippen LogP contribution in [0.2, 0.25) is 0 Å². The average molecular weight is 228 g/mol. The number of nitrogens with one attached hydrogen (secondary N) is 1. The molecule has 1 atom stereocenters. The molecule has 1 aliphatic heterocycles. The van der Waals surface area contributed by atoms with E-state index in [2.05, 4.69) is 5.32 Å². The molecule has 0 spiro atoms. The summed E-state index contributed by atoms with van der Waals surface area (Å²) in [6.07, 6.45) is 0.205. The predicted octanol–water partition coefficient (Wildman–Crippen LogP) is -1.28. The monoisotopic (exact) mass is 228 g/mol. The fourth-order valence-corrected chi connectivity index (χ4v) is 1.44. The molecule has 7 nitrogen and oxygen atoms in total. The molecule has 2 N–H and O–H groups in total. The smallest absolute Gasteiger partial charge is 0.328 e. The van der Waals surface area contributed by atoms with E-state index in [9.17, 15) is 19.2 Å². The molecule has 1 aliphatic rings. The van der Waals surface area contributed by atoms with Gasteiger partial charge in [-0.3, -0.25) is 19.3 Å². The number of rotatable bonds is 4. The van der Waals surface area contributed by atoms with Crippen LogP contribution in [0.15, 0.2) is 0 Å². The van der Waals surface area contributed by atoms with Gasteiger partial charge in [-0.2, -0.15) is 0 Å². The van der Waals surface area contributed by atoms with Crippen LogP contribution in [0.25, 0.3) is 0 Å². The molecule has 0 saturated carbocycles. The summed E-state index contributed by atoms with van der Waals surface area (Å²) in [5.41, 5.74) is 0. The second kappa shape index (κ2) is 4.73. The van der Waals surface area contributed by atoms with Gasteiger partial charge in [-0.15, -0.1) is 0 Å². The van der Waals surface area contributed by atoms with Crippen molar-refractivity contribution in [3.8, 4) is 0 Å². The lowest BCUT2D eigenvalue weighted by molar-refractivity contribution is -0.145. The Morgan fingerprint density at radius 1 is 1.38 bits per heavy atom. The molecule has 16 heavy (non-hydrogen) atoms. The van der Waals surface area contributed by atoms with E-state index in [-0.39, 0.29) is 19.4 Å². The van der Waals surface area contributed by atoms with Crippen LogP contribution < -0.4 is 5.32 Å². The van der Waals surface area contributed by atoms with E-state index in [1.54, 1.807) is 0 Å². The quantitative estimate of drug-likeness (QED) is 0.583. The number of nitrogens with zero attached hydrogens (tertiary/aromatic N) is 1. The zero-order valence-corrected chi connectivity index (χ0v) is 8.73. The number of aliphatic carboxylic acids is 1. The van der Waals surface area contributed by atoms with Crippen LogP contribution in [0.5, 0.6) is 0 Å². The van der Waals surface area contributed by atoms with Gasteiger partial charge in [-0.25, -0.2) is 4.79 Å². The van der Waals surface area contributed by atoms with Crippen LogP contribution >= 0.6 is 0 Å². The maximum atomic E-state index is 11.2. The van der Waals surface area contributed by atoms with Gasteiger partial charge in [0.25, 0.3) is 0 Å². The molecule has 1 saturated heterocycles. The van der Waals surface area contributed by atoms with Gasteiger partial charge in [-0.05, 0) is 0 Å². The summed E-state index contributed by atoms with van der Waals surface area (Å²) < 4.78 is 0. The van der Waals surface area contributed by atoms with Crippen molar-refractivity contribution in [3.05, 3.63) is 0 Å². The molecule has 1 fully saturated rings. The number of amides is 3. The maximum absolute atomic E-state index is 11.2. The SMILES string of the molecule is CC(=O)NC(CN1C(=O)CCC1=O)C(=O)O. The highest BCUT2D eigenvalue weighted by atomic mass is 16.4. The molecule has 7 heteroatoms. The number of carboxylic acids is 1. The van der Waals surface area contributed by atoms with Crippen LogP contribution in [-0.4, -0.2) is 46.3 Å². The van der Waals surface area contributed by atoms with Crippen molar-refractivity contribution in [1.82, 2.24) is 10.2 Å². The minimum atomic E-state index is -1.28. The molecule has 3 amide bonds. The van der Waals surface area contributed by atoms with Crippen LogP contribution in [0, 0.1) is 0 Å². The molecule has 1 rings (SSSR count). The van der Waals surface area contributed by atoms with E-state index in [4.69, 9.17) is 5.11 Å². The standard InChI is InChI=1S/C9H12N2O5/c1-5(12)10-6(9(15)16)4-11-7(13)2-3-8(11)14/h6H,2-4H2,1H3,(H,10,12)(H,15,16). The second-order valence-corrected chi connectivity index (χ2v) is 3.49. The molecule has 0 radical (unpaired) electrons. The first-order valence-corrected chi connectivity index (χ1v) is 4.75. The number of carbonyl (C=O) groups excluding carboxylic acids is 3.